The maximum absolute atomic E-state index is 11.9. The average molecular weight is 249 g/mol. The molecular formula is C12H15N3OS. The first-order valence-corrected chi connectivity index (χ1v) is 6.43. The van der Waals surface area contributed by atoms with Gasteiger partial charge in [-0.25, -0.2) is 4.98 Å². The summed E-state index contributed by atoms with van der Waals surface area (Å²) in [5.41, 5.74) is 1.35. The third-order valence-corrected chi connectivity index (χ3v) is 3.21. The van der Waals surface area contributed by atoms with Gasteiger partial charge in [0.2, 0.25) is 0 Å². The lowest BCUT2D eigenvalue weighted by Gasteiger charge is -2.03. The number of carbonyl (C=O) groups excluding carboxylic acids is 1. The summed E-state index contributed by atoms with van der Waals surface area (Å²) in [5.74, 6) is 0.0309. The van der Waals surface area contributed by atoms with E-state index in [9.17, 15) is 4.79 Å². The van der Waals surface area contributed by atoms with Crippen molar-refractivity contribution in [3.05, 3.63) is 34.0 Å². The molecule has 2 rings (SSSR count). The van der Waals surface area contributed by atoms with E-state index >= 15 is 0 Å². The number of Topliss-reactive ketones (excluding diaryl/α,β-unsaturated/α-hetero) is 1. The van der Waals surface area contributed by atoms with Gasteiger partial charge in [0.1, 0.15) is 5.69 Å². The Hall–Kier alpha value is -1.49. The molecule has 0 saturated heterocycles. The number of rotatable bonds is 4. The summed E-state index contributed by atoms with van der Waals surface area (Å²) in [6, 6.07) is 2.21. The molecule has 0 bridgehead atoms. The van der Waals surface area contributed by atoms with E-state index in [0.29, 0.717) is 18.2 Å². The van der Waals surface area contributed by atoms with Gasteiger partial charge in [0.15, 0.2) is 5.78 Å². The van der Waals surface area contributed by atoms with Crippen LogP contribution in [0, 0.1) is 6.92 Å². The quantitative estimate of drug-likeness (QED) is 0.783. The van der Waals surface area contributed by atoms with Crippen LogP contribution in [0.3, 0.4) is 0 Å². The van der Waals surface area contributed by atoms with Gasteiger partial charge in [0.25, 0.3) is 0 Å². The normalized spacial score (nSPS) is 11.1. The minimum Gasteiger partial charge on any atom is -0.292 e. The molecule has 0 aliphatic carbocycles. The summed E-state index contributed by atoms with van der Waals surface area (Å²) < 4.78 is 1.86. The van der Waals surface area contributed by atoms with Crippen molar-refractivity contribution in [2.75, 3.05) is 0 Å². The van der Waals surface area contributed by atoms with Crippen LogP contribution < -0.4 is 0 Å². The molecule has 0 fully saturated rings. The summed E-state index contributed by atoms with van der Waals surface area (Å²) in [6.07, 6.45) is 2.22. The highest BCUT2D eigenvalue weighted by atomic mass is 32.1. The molecule has 0 atom stereocenters. The Labute approximate surface area is 104 Å². The first kappa shape index (κ1) is 12.0. The molecule has 0 saturated carbocycles. The number of hydrogen-bond donors (Lipinski definition) is 0. The molecule has 90 valence electrons. The van der Waals surface area contributed by atoms with Gasteiger partial charge in [0, 0.05) is 17.6 Å². The second-order valence-electron chi connectivity index (χ2n) is 4.23. The molecular weight excluding hydrogens is 234 g/mol. The molecule has 0 spiro atoms. The van der Waals surface area contributed by atoms with Crippen LogP contribution >= 0.6 is 11.3 Å². The van der Waals surface area contributed by atoms with Crippen LogP contribution in [-0.2, 0) is 6.42 Å². The van der Waals surface area contributed by atoms with Gasteiger partial charge in [-0.15, -0.1) is 11.3 Å². The monoisotopic (exact) mass is 249 g/mol. The van der Waals surface area contributed by atoms with E-state index in [1.165, 1.54) is 11.3 Å². The van der Waals surface area contributed by atoms with Crippen LogP contribution in [0.1, 0.15) is 41.1 Å². The van der Waals surface area contributed by atoms with E-state index in [1.807, 2.05) is 23.9 Å². The van der Waals surface area contributed by atoms with E-state index in [0.717, 1.165) is 10.7 Å². The van der Waals surface area contributed by atoms with Gasteiger partial charge < -0.3 is 0 Å². The van der Waals surface area contributed by atoms with E-state index < -0.39 is 0 Å². The molecule has 0 radical (unpaired) electrons. The zero-order valence-corrected chi connectivity index (χ0v) is 11.0. The summed E-state index contributed by atoms with van der Waals surface area (Å²) in [7, 11) is 0. The summed E-state index contributed by atoms with van der Waals surface area (Å²) in [4.78, 5) is 16.1. The number of aromatic nitrogens is 3. The first-order chi connectivity index (χ1) is 8.06. The van der Waals surface area contributed by atoms with Gasteiger partial charge in [-0.1, -0.05) is 0 Å². The fourth-order valence-electron chi connectivity index (χ4n) is 1.51. The first-order valence-electron chi connectivity index (χ1n) is 5.55. The van der Waals surface area contributed by atoms with E-state index in [4.69, 9.17) is 0 Å². The van der Waals surface area contributed by atoms with Crippen molar-refractivity contribution in [2.24, 2.45) is 0 Å². The zero-order valence-electron chi connectivity index (χ0n) is 10.2. The van der Waals surface area contributed by atoms with Gasteiger partial charge in [-0.3, -0.25) is 9.48 Å². The van der Waals surface area contributed by atoms with Crippen LogP contribution in [0.5, 0.6) is 0 Å². The van der Waals surface area contributed by atoms with E-state index in [2.05, 4.69) is 23.9 Å². The van der Waals surface area contributed by atoms with Crippen LogP contribution in [-0.4, -0.2) is 20.5 Å². The highest BCUT2D eigenvalue weighted by molar-refractivity contribution is 7.09. The van der Waals surface area contributed by atoms with Crippen molar-refractivity contribution in [2.45, 2.75) is 33.2 Å². The van der Waals surface area contributed by atoms with E-state index in [1.54, 1.807) is 5.38 Å². The third kappa shape index (κ3) is 2.79. The second-order valence-corrected chi connectivity index (χ2v) is 5.29. The molecule has 2 aromatic rings. The van der Waals surface area contributed by atoms with Crippen molar-refractivity contribution in [1.82, 2.24) is 14.8 Å². The Balaban J connectivity index is 2.07. The molecule has 2 heterocycles. The summed E-state index contributed by atoms with van der Waals surface area (Å²) in [6.45, 7) is 6.01. The molecule has 0 unspecified atom stereocenters. The maximum Gasteiger partial charge on any atom is 0.188 e. The topological polar surface area (TPSA) is 47.8 Å². The smallest absolute Gasteiger partial charge is 0.188 e. The van der Waals surface area contributed by atoms with Crippen LogP contribution in [0.2, 0.25) is 0 Å². The lowest BCUT2D eigenvalue weighted by atomic mass is 10.2. The minimum absolute atomic E-state index is 0.0309. The van der Waals surface area contributed by atoms with Crippen molar-refractivity contribution in [3.63, 3.8) is 0 Å². The van der Waals surface area contributed by atoms with Crippen molar-refractivity contribution >= 4 is 17.1 Å². The standard InChI is InChI=1S/C12H15N3OS/c1-8(2)15-5-4-10(14-15)6-12(16)11-7-17-9(3)13-11/h4-5,7-8H,6H2,1-3H3. The highest BCUT2D eigenvalue weighted by Gasteiger charge is 2.12. The lowest BCUT2D eigenvalue weighted by molar-refractivity contribution is 0.0987. The molecule has 0 N–H and O–H groups in total. The molecule has 4 nitrogen and oxygen atoms in total. The largest absolute Gasteiger partial charge is 0.292 e. The summed E-state index contributed by atoms with van der Waals surface area (Å²) >= 11 is 1.50. The Kier molecular flexibility index (Phi) is 3.38. The Morgan fingerprint density at radius 1 is 1.53 bits per heavy atom. The van der Waals surface area contributed by atoms with Gasteiger partial charge in [0.05, 0.1) is 17.1 Å². The Morgan fingerprint density at radius 2 is 2.29 bits per heavy atom. The number of aryl methyl sites for hydroxylation is 1. The average Bonchev–Trinajstić information content (AvgIpc) is 2.86. The predicted octanol–water partition coefficient (Wildman–Crippen LogP) is 2.65. The third-order valence-electron chi connectivity index (χ3n) is 2.44. The van der Waals surface area contributed by atoms with E-state index in [-0.39, 0.29) is 5.78 Å². The number of thiazole rings is 1. The minimum atomic E-state index is 0.0309. The predicted molar refractivity (Wildman–Crippen MR) is 67.5 cm³/mol. The fraction of sp³-hybridized carbons (Fsp3) is 0.417. The molecule has 0 amide bonds. The number of nitrogens with zero attached hydrogens (tertiary/aromatic N) is 3. The second kappa shape index (κ2) is 4.79. The molecule has 2 aromatic heterocycles. The zero-order chi connectivity index (χ0) is 12.4. The molecule has 17 heavy (non-hydrogen) atoms. The molecule has 0 aromatic carbocycles. The van der Waals surface area contributed by atoms with Crippen molar-refractivity contribution in [1.29, 1.82) is 0 Å². The number of ketones is 1. The lowest BCUT2D eigenvalue weighted by Crippen LogP contribution is -2.07. The van der Waals surface area contributed by atoms with Gasteiger partial charge in [-0.05, 0) is 26.8 Å². The SMILES string of the molecule is Cc1nc(C(=O)Cc2ccn(C(C)C)n2)cs1. The number of carbonyl (C=O) groups is 1. The summed E-state index contributed by atoms with van der Waals surface area (Å²) in [5, 5.41) is 7.07. The molecule has 0 aliphatic rings. The fourth-order valence-corrected chi connectivity index (χ4v) is 2.12. The Bertz CT molecular complexity index is 527. The molecule has 0 aliphatic heterocycles. The molecule has 5 heteroatoms. The highest BCUT2D eigenvalue weighted by Crippen LogP contribution is 2.11. The van der Waals surface area contributed by atoms with Crippen LogP contribution in [0.15, 0.2) is 17.6 Å². The van der Waals surface area contributed by atoms with Crippen molar-refractivity contribution in [3.8, 4) is 0 Å². The van der Waals surface area contributed by atoms with Gasteiger partial charge >= 0.3 is 0 Å². The van der Waals surface area contributed by atoms with Crippen molar-refractivity contribution < 1.29 is 4.79 Å². The number of hydrogen-bond acceptors (Lipinski definition) is 4. The van der Waals surface area contributed by atoms with Gasteiger partial charge in [-0.2, -0.15) is 5.10 Å². The maximum atomic E-state index is 11.9. The Morgan fingerprint density at radius 3 is 2.82 bits per heavy atom. The van der Waals surface area contributed by atoms with Crippen LogP contribution in [0.25, 0.3) is 0 Å². The van der Waals surface area contributed by atoms with Crippen LogP contribution in [0.4, 0.5) is 0 Å².